The van der Waals surface area contributed by atoms with Crippen molar-refractivity contribution in [2.24, 2.45) is 11.7 Å². The molecule has 0 aromatic carbocycles. The van der Waals surface area contributed by atoms with Crippen LogP contribution in [0, 0.1) is 5.92 Å². The monoisotopic (exact) mass is 200 g/mol. The smallest absolute Gasteiger partial charge is 0.0952 e. The van der Waals surface area contributed by atoms with Gasteiger partial charge >= 0.3 is 0 Å². The molecule has 0 aromatic rings. The summed E-state index contributed by atoms with van der Waals surface area (Å²) in [6.07, 6.45) is 3.65. The maximum Gasteiger partial charge on any atom is 0.0952 e. The van der Waals surface area contributed by atoms with Crippen molar-refractivity contribution in [3.8, 4) is 0 Å². The first-order valence-corrected chi connectivity index (χ1v) is 5.62. The molecule has 1 fully saturated rings. The van der Waals surface area contributed by atoms with Crippen LogP contribution in [-0.4, -0.2) is 29.0 Å². The van der Waals surface area contributed by atoms with Crippen LogP contribution in [0.15, 0.2) is 0 Å². The Morgan fingerprint density at radius 3 is 2.46 bits per heavy atom. The summed E-state index contributed by atoms with van der Waals surface area (Å²) in [6, 6.07) is 0.0816. The molecule has 1 aliphatic rings. The normalized spacial score (nSPS) is 21.6. The van der Waals surface area contributed by atoms with Crippen molar-refractivity contribution in [2.75, 3.05) is 13.1 Å². The molecule has 1 rings (SSSR count). The molecule has 0 bridgehead atoms. The van der Waals surface area contributed by atoms with Crippen LogP contribution < -0.4 is 5.73 Å². The Balaban J connectivity index is 2.45. The second kappa shape index (κ2) is 4.91. The topological polar surface area (TPSA) is 29.3 Å². The second-order valence-electron chi connectivity index (χ2n) is 3.94. The van der Waals surface area contributed by atoms with Gasteiger partial charge in [0.1, 0.15) is 0 Å². The van der Waals surface area contributed by atoms with Crippen LogP contribution in [0.1, 0.15) is 33.1 Å². The second-order valence-corrected chi connectivity index (χ2v) is 4.36. The fraction of sp³-hybridized carbons (Fsp3) is 0.900. The lowest BCUT2D eigenvalue weighted by Crippen LogP contribution is -2.44. The molecule has 1 saturated heterocycles. The van der Waals surface area contributed by atoms with Gasteiger partial charge in [0.25, 0.3) is 0 Å². The van der Waals surface area contributed by atoms with E-state index in [9.17, 15) is 0 Å². The van der Waals surface area contributed by atoms with E-state index in [4.69, 9.17) is 18.0 Å². The number of rotatable bonds is 3. The van der Waals surface area contributed by atoms with Gasteiger partial charge in [0, 0.05) is 13.1 Å². The van der Waals surface area contributed by atoms with Crippen LogP contribution in [0.2, 0.25) is 0 Å². The van der Waals surface area contributed by atoms with E-state index >= 15 is 0 Å². The van der Waals surface area contributed by atoms with Gasteiger partial charge in [-0.15, -0.1) is 0 Å². The molecule has 0 aliphatic carbocycles. The van der Waals surface area contributed by atoms with Gasteiger partial charge in [-0.3, -0.25) is 0 Å². The van der Waals surface area contributed by atoms with Crippen molar-refractivity contribution >= 4 is 17.2 Å². The molecule has 2 N–H and O–H groups in total. The van der Waals surface area contributed by atoms with Gasteiger partial charge in [0.05, 0.1) is 11.0 Å². The van der Waals surface area contributed by atoms with Crippen molar-refractivity contribution in [3.63, 3.8) is 0 Å². The van der Waals surface area contributed by atoms with E-state index in [1.807, 2.05) is 0 Å². The molecule has 2 atom stereocenters. The van der Waals surface area contributed by atoms with Gasteiger partial charge in [-0.2, -0.15) is 0 Å². The Morgan fingerprint density at radius 2 is 2.00 bits per heavy atom. The van der Waals surface area contributed by atoms with Gasteiger partial charge in [-0.25, -0.2) is 0 Å². The third-order valence-electron chi connectivity index (χ3n) is 2.96. The summed E-state index contributed by atoms with van der Waals surface area (Å²) >= 11 is 5.38. The maximum absolute atomic E-state index is 6.07. The average Bonchev–Trinajstić information content (AvgIpc) is 2.67. The van der Waals surface area contributed by atoms with Crippen LogP contribution in [0.25, 0.3) is 0 Å². The standard InChI is InChI=1S/C10H20N2S/c1-3-8(2)9(11)10(13)12-6-4-5-7-12/h8-9H,3-7,11H2,1-2H3. The van der Waals surface area contributed by atoms with Crippen molar-refractivity contribution < 1.29 is 0 Å². The SMILES string of the molecule is CCC(C)C(N)C(=S)N1CCCC1. The van der Waals surface area contributed by atoms with E-state index in [-0.39, 0.29) is 6.04 Å². The largest absolute Gasteiger partial charge is 0.365 e. The summed E-state index contributed by atoms with van der Waals surface area (Å²) < 4.78 is 0. The first kappa shape index (κ1) is 10.9. The minimum absolute atomic E-state index is 0.0816. The molecule has 13 heavy (non-hydrogen) atoms. The third kappa shape index (κ3) is 2.64. The van der Waals surface area contributed by atoms with E-state index < -0.39 is 0 Å². The predicted octanol–water partition coefficient (Wildman–Crippen LogP) is 1.78. The molecule has 0 aromatic heterocycles. The number of thiocarbonyl (C=S) groups is 1. The minimum Gasteiger partial charge on any atom is -0.365 e. The highest BCUT2D eigenvalue weighted by molar-refractivity contribution is 7.80. The molecule has 1 heterocycles. The summed E-state index contributed by atoms with van der Waals surface area (Å²) in [4.78, 5) is 3.25. The molecule has 0 spiro atoms. The van der Waals surface area contributed by atoms with Gasteiger partial charge < -0.3 is 10.6 Å². The van der Waals surface area contributed by atoms with Gasteiger partial charge in [-0.05, 0) is 18.8 Å². The Kier molecular flexibility index (Phi) is 4.13. The van der Waals surface area contributed by atoms with Gasteiger partial charge in [-0.1, -0.05) is 32.5 Å². The summed E-state index contributed by atoms with van der Waals surface area (Å²) in [5.74, 6) is 0.507. The van der Waals surface area contributed by atoms with Crippen LogP contribution in [0.4, 0.5) is 0 Å². The summed E-state index contributed by atoms with van der Waals surface area (Å²) in [5, 5.41) is 0. The minimum atomic E-state index is 0.0816. The highest BCUT2D eigenvalue weighted by Crippen LogP contribution is 2.14. The molecular formula is C10H20N2S. The van der Waals surface area contributed by atoms with Gasteiger partial charge in [0.2, 0.25) is 0 Å². The zero-order valence-corrected chi connectivity index (χ0v) is 9.44. The molecular weight excluding hydrogens is 180 g/mol. The summed E-state index contributed by atoms with van der Waals surface area (Å²) in [6.45, 7) is 6.57. The van der Waals surface area contributed by atoms with Gasteiger partial charge in [0.15, 0.2) is 0 Å². The molecule has 3 heteroatoms. The zero-order valence-electron chi connectivity index (χ0n) is 8.62. The fourth-order valence-corrected chi connectivity index (χ4v) is 2.06. The summed E-state index contributed by atoms with van der Waals surface area (Å²) in [5.41, 5.74) is 6.07. The number of likely N-dealkylation sites (tertiary alicyclic amines) is 1. The molecule has 2 nitrogen and oxygen atoms in total. The predicted molar refractivity (Wildman–Crippen MR) is 60.8 cm³/mol. The highest BCUT2D eigenvalue weighted by Gasteiger charge is 2.22. The molecule has 0 amide bonds. The van der Waals surface area contributed by atoms with Crippen molar-refractivity contribution in [1.29, 1.82) is 0 Å². The van der Waals surface area contributed by atoms with E-state index in [0.29, 0.717) is 5.92 Å². The Morgan fingerprint density at radius 1 is 1.46 bits per heavy atom. The summed E-state index contributed by atoms with van der Waals surface area (Å²) in [7, 11) is 0. The fourth-order valence-electron chi connectivity index (χ4n) is 1.65. The molecule has 2 unspecified atom stereocenters. The van der Waals surface area contributed by atoms with E-state index in [2.05, 4.69) is 18.7 Å². The Labute approximate surface area is 86.5 Å². The lowest BCUT2D eigenvalue weighted by Gasteiger charge is -2.26. The quantitative estimate of drug-likeness (QED) is 0.704. The number of nitrogens with zero attached hydrogens (tertiary/aromatic N) is 1. The lowest BCUT2D eigenvalue weighted by molar-refractivity contribution is 0.453. The van der Waals surface area contributed by atoms with E-state index in [1.54, 1.807) is 0 Å². The van der Waals surface area contributed by atoms with Crippen LogP contribution in [0.5, 0.6) is 0 Å². The van der Waals surface area contributed by atoms with Crippen LogP contribution in [-0.2, 0) is 0 Å². The van der Waals surface area contributed by atoms with Crippen LogP contribution >= 0.6 is 12.2 Å². The highest BCUT2D eigenvalue weighted by atomic mass is 32.1. The number of nitrogens with two attached hydrogens (primary N) is 1. The molecule has 1 aliphatic heterocycles. The first-order chi connectivity index (χ1) is 6.16. The van der Waals surface area contributed by atoms with Crippen LogP contribution in [0.3, 0.4) is 0 Å². The maximum atomic E-state index is 6.07. The van der Waals surface area contributed by atoms with Crippen molar-refractivity contribution in [1.82, 2.24) is 4.90 Å². The lowest BCUT2D eigenvalue weighted by atomic mass is 10.00. The molecule has 76 valence electrons. The first-order valence-electron chi connectivity index (χ1n) is 5.21. The number of hydrogen-bond donors (Lipinski definition) is 1. The van der Waals surface area contributed by atoms with Crippen molar-refractivity contribution in [2.45, 2.75) is 39.2 Å². The van der Waals surface area contributed by atoms with Crippen molar-refractivity contribution in [3.05, 3.63) is 0 Å². The van der Waals surface area contributed by atoms with E-state index in [0.717, 1.165) is 24.5 Å². The van der Waals surface area contributed by atoms with E-state index in [1.165, 1.54) is 12.8 Å². The Hall–Kier alpha value is -0.150. The Bertz CT molecular complexity index is 176. The molecule has 0 saturated carbocycles. The average molecular weight is 200 g/mol. The zero-order chi connectivity index (χ0) is 9.84. The number of hydrogen-bond acceptors (Lipinski definition) is 2. The molecule has 0 radical (unpaired) electrons. The third-order valence-corrected chi connectivity index (χ3v) is 3.49.